The van der Waals surface area contributed by atoms with Gasteiger partial charge in [0.15, 0.2) is 5.82 Å². The summed E-state index contributed by atoms with van der Waals surface area (Å²) in [4.78, 5) is 39.1. The number of anilines is 1. The number of benzene rings is 1. The molecule has 6 nitrogen and oxygen atoms in total. The minimum atomic E-state index is -1.36. The zero-order valence-electron chi connectivity index (χ0n) is 10.5. The Bertz CT molecular complexity index is 636. The zero-order chi connectivity index (χ0) is 15.9. The van der Waals surface area contributed by atoms with Crippen molar-refractivity contribution >= 4 is 52.6 Å². The predicted octanol–water partition coefficient (Wildman–Crippen LogP) is -0.231. The molecular formula is C11H10F2N2O4P2. The Labute approximate surface area is 122 Å². The van der Waals surface area contributed by atoms with Crippen molar-refractivity contribution in [3.63, 3.8) is 0 Å². The molecule has 1 fully saturated rings. The molecule has 2 N–H and O–H groups in total. The molecule has 0 saturated carbocycles. The molecule has 2 amide bonds. The monoisotopic (exact) mass is 334 g/mol. The lowest BCUT2D eigenvalue weighted by Gasteiger charge is -2.16. The number of hydrogen-bond acceptors (Lipinski definition) is 5. The molecule has 1 aliphatic heterocycles. The molecule has 0 aromatic heterocycles. The maximum atomic E-state index is 14.1. The summed E-state index contributed by atoms with van der Waals surface area (Å²) in [6, 6.07) is 0. The van der Waals surface area contributed by atoms with Crippen LogP contribution in [0.2, 0.25) is 0 Å². The number of hydroxylamine groups is 2. The second-order valence-corrected chi connectivity index (χ2v) is 5.36. The van der Waals surface area contributed by atoms with Crippen LogP contribution in [0.5, 0.6) is 0 Å². The Morgan fingerprint density at radius 2 is 1.62 bits per heavy atom. The summed E-state index contributed by atoms with van der Waals surface area (Å²) in [5, 5.41) is -0.534. The molecular weight excluding hydrogens is 324 g/mol. The highest BCUT2D eigenvalue weighted by Crippen LogP contribution is 2.20. The first kappa shape index (κ1) is 15.7. The van der Waals surface area contributed by atoms with E-state index in [1.54, 1.807) is 0 Å². The van der Waals surface area contributed by atoms with Gasteiger partial charge >= 0.3 is 5.97 Å². The number of carbonyl (C=O) groups excluding carboxylic acids is 3. The number of nitrogens with two attached hydrogens (primary N) is 1. The fourth-order valence-corrected chi connectivity index (χ4v) is 2.40. The maximum Gasteiger partial charge on any atom is 0.367 e. The molecule has 112 valence electrons. The molecule has 0 aliphatic carbocycles. The lowest BCUT2D eigenvalue weighted by molar-refractivity contribution is -0.172. The van der Waals surface area contributed by atoms with Crippen LogP contribution in [-0.2, 0) is 14.4 Å². The van der Waals surface area contributed by atoms with Crippen LogP contribution in [0.1, 0.15) is 23.2 Å². The average Bonchev–Trinajstić information content (AvgIpc) is 2.75. The maximum absolute atomic E-state index is 14.1. The molecule has 2 atom stereocenters. The summed E-state index contributed by atoms with van der Waals surface area (Å²) in [7, 11) is 3.71. The zero-order valence-corrected chi connectivity index (χ0v) is 12.8. The molecule has 1 aliphatic rings. The fourth-order valence-electron chi connectivity index (χ4n) is 1.73. The lowest BCUT2D eigenvalue weighted by Crippen LogP contribution is -2.35. The van der Waals surface area contributed by atoms with Crippen LogP contribution in [-0.4, -0.2) is 22.8 Å². The number of carbonyl (C=O) groups is 3. The number of imide groups is 1. The van der Waals surface area contributed by atoms with Crippen molar-refractivity contribution in [2.75, 3.05) is 5.73 Å². The normalized spacial score (nSPS) is 14.8. The third kappa shape index (κ3) is 2.61. The molecule has 0 bridgehead atoms. The van der Waals surface area contributed by atoms with E-state index in [-0.39, 0.29) is 23.2 Å². The van der Waals surface area contributed by atoms with Crippen LogP contribution in [0.15, 0.2) is 0 Å². The van der Waals surface area contributed by atoms with Crippen LogP contribution in [0, 0.1) is 11.6 Å². The first-order valence-electron chi connectivity index (χ1n) is 5.65. The van der Waals surface area contributed by atoms with E-state index in [1.165, 1.54) is 0 Å². The smallest absolute Gasteiger partial charge is 0.367 e. The summed E-state index contributed by atoms with van der Waals surface area (Å²) in [5.41, 5.74) is 4.13. The van der Waals surface area contributed by atoms with Crippen LogP contribution in [0.3, 0.4) is 0 Å². The van der Waals surface area contributed by atoms with E-state index in [2.05, 4.69) is 4.84 Å². The van der Waals surface area contributed by atoms with Gasteiger partial charge in [-0.15, -0.1) is 23.5 Å². The molecule has 21 heavy (non-hydrogen) atoms. The van der Waals surface area contributed by atoms with Crippen LogP contribution in [0.25, 0.3) is 0 Å². The molecule has 1 aromatic rings. The van der Waals surface area contributed by atoms with E-state index in [4.69, 9.17) is 5.73 Å². The molecule has 1 aromatic carbocycles. The van der Waals surface area contributed by atoms with E-state index in [1.807, 2.05) is 18.5 Å². The van der Waals surface area contributed by atoms with Gasteiger partial charge in [0.1, 0.15) is 11.4 Å². The summed E-state index contributed by atoms with van der Waals surface area (Å²) in [5.74, 6) is -4.91. The molecule has 1 saturated heterocycles. The van der Waals surface area contributed by atoms with Gasteiger partial charge in [0.25, 0.3) is 11.8 Å². The van der Waals surface area contributed by atoms with Crippen molar-refractivity contribution in [2.45, 2.75) is 12.8 Å². The van der Waals surface area contributed by atoms with Crippen molar-refractivity contribution in [1.82, 2.24) is 5.06 Å². The van der Waals surface area contributed by atoms with Gasteiger partial charge in [-0.25, -0.2) is 13.6 Å². The van der Waals surface area contributed by atoms with Crippen LogP contribution < -0.4 is 16.3 Å². The van der Waals surface area contributed by atoms with Crippen molar-refractivity contribution in [2.24, 2.45) is 0 Å². The third-order valence-corrected chi connectivity index (χ3v) is 3.98. The van der Waals surface area contributed by atoms with Gasteiger partial charge in [-0.1, -0.05) is 0 Å². The number of hydrogen-bond donors (Lipinski definition) is 1. The second kappa shape index (κ2) is 5.62. The highest BCUT2D eigenvalue weighted by molar-refractivity contribution is 7.29. The third-order valence-electron chi connectivity index (χ3n) is 2.87. The number of rotatable bonds is 2. The summed E-state index contributed by atoms with van der Waals surface area (Å²) >= 11 is 0. The highest BCUT2D eigenvalue weighted by atomic mass is 31.0. The van der Waals surface area contributed by atoms with E-state index in [9.17, 15) is 23.2 Å². The van der Waals surface area contributed by atoms with E-state index < -0.39 is 46.0 Å². The SMILES string of the molecule is Nc1c(F)c(P)c(C(=O)ON2C(=O)CCC2=O)c(F)c1P. The highest BCUT2D eigenvalue weighted by Gasteiger charge is 2.35. The molecule has 0 spiro atoms. The standard InChI is InChI=1S/C11H10F2N2O4P2/c12-6-5(9(20)7(13)8(14)10(6)21)11(18)19-15-3(16)1-2-4(15)17/h1-2,14,20-21H2. The number of nitrogens with zero attached hydrogens (tertiary/aromatic N) is 1. The molecule has 2 unspecified atom stereocenters. The Balaban J connectivity index is 2.41. The van der Waals surface area contributed by atoms with E-state index in [0.717, 1.165) is 0 Å². The Morgan fingerprint density at radius 1 is 1.10 bits per heavy atom. The van der Waals surface area contributed by atoms with Crippen LogP contribution >= 0.6 is 18.5 Å². The Kier molecular flexibility index (Phi) is 4.21. The second-order valence-electron chi connectivity index (χ2n) is 4.20. The largest absolute Gasteiger partial charge is 0.396 e. The lowest BCUT2D eigenvalue weighted by atomic mass is 10.1. The molecule has 2 rings (SSSR count). The van der Waals surface area contributed by atoms with Gasteiger partial charge in [0.2, 0.25) is 0 Å². The molecule has 10 heteroatoms. The number of nitrogen functional groups attached to an aromatic ring is 1. The summed E-state index contributed by atoms with van der Waals surface area (Å²) in [6.45, 7) is 0. The topological polar surface area (TPSA) is 89.7 Å². The summed E-state index contributed by atoms with van der Waals surface area (Å²) < 4.78 is 27.8. The van der Waals surface area contributed by atoms with Gasteiger partial charge in [0.05, 0.1) is 5.69 Å². The quantitative estimate of drug-likeness (QED) is 0.458. The predicted molar refractivity (Wildman–Crippen MR) is 76.0 cm³/mol. The fraction of sp³-hybridized carbons (Fsp3) is 0.182. The van der Waals surface area contributed by atoms with Crippen molar-refractivity contribution in [1.29, 1.82) is 0 Å². The Morgan fingerprint density at radius 3 is 2.14 bits per heavy atom. The first-order valence-corrected chi connectivity index (χ1v) is 6.80. The van der Waals surface area contributed by atoms with Crippen molar-refractivity contribution in [3.8, 4) is 0 Å². The Hall–Kier alpha value is -1.65. The van der Waals surface area contributed by atoms with Gasteiger partial charge < -0.3 is 10.6 Å². The number of amides is 2. The molecule has 1 heterocycles. The average molecular weight is 334 g/mol. The van der Waals surface area contributed by atoms with Crippen LogP contribution in [0.4, 0.5) is 14.5 Å². The van der Waals surface area contributed by atoms with Gasteiger partial charge in [-0.05, 0) is 0 Å². The van der Waals surface area contributed by atoms with Gasteiger partial charge in [-0.2, -0.15) is 0 Å². The minimum absolute atomic E-state index is 0.104. The van der Waals surface area contributed by atoms with Gasteiger partial charge in [-0.3, -0.25) is 9.59 Å². The minimum Gasteiger partial charge on any atom is -0.396 e. The molecule has 0 radical (unpaired) electrons. The van der Waals surface area contributed by atoms with Crippen molar-refractivity contribution < 1.29 is 28.0 Å². The van der Waals surface area contributed by atoms with Crippen molar-refractivity contribution in [3.05, 3.63) is 17.2 Å². The number of halogens is 2. The van der Waals surface area contributed by atoms with E-state index >= 15 is 0 Å². The van der Waals surface area contributed by atoms with Gasteiger partial charge in [0, 0.05) is 23.5 Å². The van der Waals surface area contributed by atoms with E-state index in [0.29, 0.717) is 0 Å². The first-order chi connectivity index (χ1) is 9.75. The summed E-state index contributed by atoms with van der Waals surface area (Å²) in [6.07, 6.45) is -0.208.